The molecule has 0 heterocycles. The second kappa shape index (κ2) is 7.84. The quantitative estimate of drug-likeness (QED) is 0.538. The van der Waals surface area contributed by atoms with Crippen LogP contribution in [0.4, 0.5) is 0 Å². The van der Waals surface area contributed by atoms with Crippen LogP contribution in [-0.4, -0.2) is 0 Å². The van der Waals surface area contributed by atoms with E-state index in [2.05, 4.69) is 26.8 Å². The van der Waals surface area contributed by atoms with E-state index in [-0.39, 0.29) is 0 Å². The summed E-state index contributed by atoms with van der Waals surface area (Å²) in [7, 11) is 0. The smallest absolute Gasteiger partial charge is 0.0279 e. The molecule has 0 bridgehead atoms. The number of hydrogen-bond donors (Lipinski definition) is 0. The summed E-state index contributed by atoms with van der Waals surface area (Å²) in [5, 5.41) is 0. The van der Waals surface area contributed by atoms with Gasteiger partial charge in [0, 0.05) is 0 Å². The topological polar surface area (TPSA) is 0 Å². The van der Waals surface area contributed by atoms with Crippen molar-refractivity contribution in [3.05, 3.63) is 11.6 Å². The summed E-state index contributed by atoms with van der Waals surface area (Å²) in [6, 6.07) is 0. The first-order chi connectivity index (χ1) is 5.35. The van der Waals surface area contributed by atoms with Gasteiger partial charge in [-0.25, -0.2) is 0 Å². The van der Waals surface area contributed by atoms with E-state index in [1.165, 1.54) is 32.1 Å². The Hall–Kier alpha value is -0.260. The summed E-state index contributed by atoms with van der Waals surface area (Å²) in [5.74, 6) is 0. The van der Waals surface area contributed by atoms with Crippen LogP contribution in [0.25, 0.3) is 0 Å². The Balaban J connectivity index is 3.66. The average Bonchev–Trinajstić information content (AvgIpc) is 2.01. The van der Waals surface area contributed by atoms with E-state index in [9.17, 15) is 0 Å². The number of allylic oxidation sites excluding steroid dienone is 2. The molecule has 0 aliphatic carbocycles. The SMILES string of the molecule is CCC[C]=C(CCC)CCC. The minimum absolute atomic E-state index is 1.15. The average molecular weight is 153 g/mol. The Morgan fingerprint density at radius 1 is 0.909 bits per heavy atom. The standard InChI is InChI=1S/C11H21/c1-4-7-10-11(8-5-2)9-6-3/h4-9H2,1-3H3. The first kappa shape index (κ1) is 10.7. The first-order valence-electron chi connectivity index (χ1n) is 4.93. The molecule has 0 rings (SSSR count). The van der Waals surface area contributed by atoms with Crippen molar-refractivity contribution in [3.8, 4) is 0 Å². The van der Waals surface area contributed by atoms with Crippen molar-refractivity contribution in [2.75, 3.05) is 0 Å². The molecule has 0 amide bonds. The molecule has 0 spiro atoms. The summed E-state index contributed by atoms with van der Waals surface area (Å²) >= 11 is 0. The van der Waals surface area contributed by atoms with E-state index in [0.717, 1.165) is 6.42 Å². The number of rotatable bonds is 6. The maximum absolute atomic E-state index is 3.49. The van der Waals surface area contributed by atoms with Crippen molar-refractivity contribution in [2.24, 2.45) is 0 Å². The zero-order valence-electron chi connectivity index (χ0n) is 8.24. The van der Waals surface area contributed by atoms with E-state index in [0.29, 0.717) is 0 Å². The molecule has 0 aromatic heterocycles. The highest BCUT2D eigenvalue weighted by Crippen LogP contribution is 2.12. The molecular formula is C11H21. The van der Waals surface area contributed by atoms with Crippen molar-refractivity contribution in [3.63, 3.8) is 0 Å². The zero-order valence-corrected chi connectivity index (χ0v) is 8.24. The lowest BCUT2D eigenvalue weighted by atomic mass is 10.0. The minimum atomic E-state index is 1.15. The molecule has 65 valence electrons. The molecule has 0 aromatic rings. The molecule has 0 saturated carbocycles. The van der Waals surface area contributed by atoms with Crippen molar-refractivity contribution < 1.29 is 0 Å². The fourth-order valence-electron chi connectivity index (χ4n) is 1.21. The fraction of sp³-hybridized carbons (Fsp3) is 0.818. The Kier molecular flexibility index (Phi) is 7.66. The Labute approximate surface area is 71.7 Å². The van der Waals surface area contributed by atoms with Crippen LogP contribution < -0.4 is 0 Å². The Morgan fingerprint density at radius 2 is 1.45 bits per heavy atom. The van der Waals surface area contributed by atoms with E-state index in [4.69, 9.17) is 0 Å². The van der Waals surface area contributed by atoms with Gasteiger partial charge in [0.05, 0.1) is 0 Å². The van der Waals surface area contributed by atoms with Crippen LogP contribution in [0.1, 0.15) is 59.3 Å². The summed E-state index contributed by atoms with van der Waals surface area (Å²) in [4.78, 5) is 0. The Bertz CT molecular complexity index is 92.6. The van der Waals surface area contributed by atoms with Crippen molar-refractivity contribution in [1.82, 2.24) is 0 Å². The lowest BCUT2D eigenvalue weighted by Crippen LogP contribution is -1.83. The van der Waals surface area contributed by atoms with Crippen molar-refractivity contribution in [1.29, 1.82) is 0 Å². The third-order valence-corrected chi connectivity index (χ3v) is 1.73. The molecule has 0 atom stereocenters. The van der Waals surface area contributed by atoms with Gasteiger partial charge in [-0.1, -0.05) is 45.6 Å². The minimum Gasteiger partial charge on any atom is -0.0668 e. The first-order valence-corrected chi connectivity index (χ1v) is 4.93. The molecule has 11 heavy (non-hydrogen) atoms. The molecule has 0 N–H and O–H groups in total. The van der Waals surface area contributed by atoms with Crippen LogP contribution in [0.3, 0.4) is 0 Å². The van der Waals surface area contributed by atoms with Gasteiger partial charge in [-0.05, 0) is 25.3 Å². The third kappa shape index (κ3) is 6.15. The highest BCUT2D eigenvalue weighted by molar-refractivity contribution is 4.96. The molecule has 0 saturated heterocycles. The highest BCUT2D eigenvalue weighted by atomic mass is 14.0. The normalized spacial score (nSPS) is 9.73. The molecule has 0 unspecified atom stereocenters. The second-order valence-corrected chi connectivity index (χ2v) is 3.03. The van der Waals surface area contributed by atoms with Gasteiger partial charge in [-0.15, -0.1) is 0 Å². The van der Waals surface area contributed by atoms with E-state index < -0.39 is 0 Å². The Morgan fingerprint density at radius 3 is 1.82 bits per heavy atom. The highest BCUT2D eigenvalue weighted by Gasteiger charge is 1.93. The molecular weight excluding hydrogens is 132 g/mol. The van der Waals surface area contributed by atoms with Crippen molar-refractivity contribution in [2.45, 2.75) is 59.3 Å². The zero-order chi connectivity index (χ0) is 8.53. The second-order valence-electron chi connectivity index (χ2n) is 3.03. The van der Waals surface area contributed by atoms with Gasteiger partial charge in [-0.2, -0.15) is 0 Å². The maximum Gasteiger partial charge on any atom is -0.0279 e. The van der Waals surface area contributed by atoms with Gasteiger partial charge in [0.2, 0.25) is 0 Å². The van der Waals surface area contributed by atoms with Crippen LogP contribution >= 0.6 is 0 Å². The fourth-order valence-corrected chi connectivity index (χ4v) is 1.21. The van der Waals surface area contributed by atoms with Crippen LogP contribution in [0.15, 0.2) is 5.57 Å². The largest absolute Gasteiger partial charge is 0.0668 e. The summed E-state index contributed by atoms with van der Waals surface area (Å²) in [6.07, 6.45) is 10.9. The third-order valence-electron chi connectivity index (χ3n) is 1.73. The molecule has 0 nitrogen and oxygen atoms in total. The summed E-state index contributed by atoms with van der Waals surface area (Å²) in [6.45, 7) is 6.69. The van der Waals surface area contributed by atoms with Gasteiger partial charge < -0.3 is 0 Å². The van der Waals surface area contributed by atoms with Crippen molar-refractivity contribution >= 4 is 0 Å². The molecule has 0 aliphatic heterocycles. The summed E-state index contributed by atoms with van der Waals surface area (Å²) in [5.41, 5.74) is 1.55. The van der Waals surface area contributed by atoms with Crippen LogP contribution in [0.2, 0.25) is 0 Å². The van der Waals surface area contributed by atoms with Crippen LogP contribution in [-0.2, 0) is 0 Å². The molecule has 0 heteroatoms. The van der Waals surface area contributed by atoms with Gasteiger partial charge >= 0.3 is 0 Å². The monoisotopic (exact) mass is 153 g/mol. The lowest BCUT2D eigenvalue weighted by Gasteiger charge is -2.02. The van der Waals surface area contributed by atoms with E-state index in [1.807, 2.05) is 0 Å². The van der Waals surface area contributed by atoms with Gasteiger partial charge in [-0.3, -0.25) is 0 Å². The summed E-state index contributed by atoms with van der Waals surface area (Å²) < 4.78 is 0. The number of unbranched alkanes of at least 4 members (excludes halogenated alkanes) is 1. The molecule has 0 fully saturated rings. The molecule has 1 radical (unpaired) electrons. The van der Waals surface area contributed by atoms with Gasteiger partial charge in [0.15, 0.2) is 0 Å². The molecule has 0 aromatic carbocycles. The van der Waals surface area contributed by atoms with Gasteiger partial charge in [0.25, 0.3) is 0 Å². The predicted molar refractivity (Wildman–Crippen MR) is 51.5 cm³/mol. The van der Waals surface area contributed by atoms with Crippen LogP contribution in [0.5, 0.6) is 0 Å². The predicted octanol–water partition coefficient (Wildman–Crippen LogP) is 4.12. The maximum atomic E-state index is 3.49. The van der Waals surface area contributed by atoms with Crippen LogP contribution in [0, 0.1) is 6.08 Å². The number of hydrogen-bond acceptors (Lipinski definition) is 0. The van der Waals surface area contributed by atoms with Gasteiger partial charge in [0.1, 0.15) is 0 Å². The van der Waals surface area contributed by atoms with E-state index >= 15 is 0 Å². The molecule has 0 aliphatic rings. The van der Waals surface area contributed by atoms with E-state index in [1.54, 1.807) is 5.57 Å². The lowest BCUT2D eigenvalue weighted by molar-refractivity contribution is 0.779.